The number of anilines is 1. The molecule has 2 aromatic heterocycles. The zero-order valence-corrected chi connectivity index (χ0v) is 17.7. The lowest BCUT2D eigenvalue weighted by atomic mass is 10.2. The third-order valence-electron chi connectivity index (χ3n) is 4.72. The van der Waals surface area contributed by atoms with Crippen LogP contribution in [0.4, 0.5) is 10.1 Å². The summed E-state index contributed by atoms with van der Waals surface area (Å²) in [7, 11) is 0. The Bertz CT molecular complexity index is 1240. The predicted molar refractivity (Wildman–Crippen MR) is 124 cm³/mol. The number of nitrogens with one attached hydrogen (secondary N) is 2. The molecule has 5 nitrogen and oxygen atoms in total. The number of nitrogens with zero attached hydrogens (tertiary/aromatic N) is 2. The summed E-state index contributed by atoms with van der Waals surface area (Å²) >= 11 is 1.59. The molecule has 0 saturated carbocycles. The minimum atomic E-state index is -0.325. The molecule has 0 unspecified atom stereocenters. The first-order chi connectivity index (χ1) is 15.1. The van der Waals surface area contributed by atoms with Gasteiger partial charge in [0.15, 0.2) is 0 Å². The number of rotatable bonds is 7. The van der Waals surface area contributed by atoms with E-state index in [4.69, 9.17) is 0 Å². The number of aromatic nitrogens is 3. The summed E-state index contributed by atoms with van der Waals surface area (Å²) in [6, 6.07) is 16.5. The molecule has 2 heterocycles. The third-order valence-corrected chi connectivity index (χ3v) is 5.71. The molecule has 0 bridgehead atoms. The minimum absolute atomic E-state index is 0.139. The zero-order valence-electron chi connectivity index (χ0n) is 16.9. The van der Waals surface area contributed by atoms with Gasteiger partial charge < -0.3 is 5.32 Å². The summed E-state index contributed by atoms with van der Waals surface area (Å²) in [5.74, 6) is 0.154. The summed E-state index contributed by atoms with van der Waals surface area (Å²) in [4.78, 5) is 17.4. The molecular weight excluding hydrogens is 411 g/mol. The van der Waals surface area contributed by atoms with Gasteiger partial charge in [0, 0.05) is 34.3 Å². The van der Waals surface area contributed by atoms with Crippen LogP contribution in [-0.2, 0) is 4.79 Å². The van der Waals surface area contributed by atoms with Crippen LogP contribution in [0.25, 0.3) is 23.1 Å². The highest BCUT2D eigenvalue weighted by molar-refractivity contribution is 7.99. The van der Waals surface area contributed by atoms with Crippen LogP contribution in [0.15, 0.2) is 65.7 Å². The molecule has 0 aliphatic heterocycles. The van der Waals surface area contributed by atoms with Crippen molar-refractivity contribution >= 4 is 46.4 Å². The molecule has 0 radical (unpaired) electrons. The Morgan fingerprint density at radius 1 is 1.16 bits per heavy atom. The second-order valence-corrected chi connectivity index (χ2v) is 8.18. The van der Waals surface area contributed by atoms with Crippen molar-refractivity contribution in [3.05, 3.63) is 83.6 Å². The second-order valence-electron chi connectivity index (χ2n) is 7.01. The zero-order chi connectivity index (χ0) is 21.6. The molecule has 0 aliphatic carbocycles. The number of carbonyl (C=O) groups is 1. The lowest BCUT2D eigenvalue weighted by molar-refractivity contribution is -0.115. The maximum atomic E-state index is 13.6. The van der Waals surface area contributed by atoms with Crippen LogP contribution in [0.5, 0.6) is 0 Å². The second kappa shape index (κ2) is 9.57. The molecule has 2 N–H and O–H groups in total. The molecule has 0 saturated heterocycles. The first-order valence-corrected chi connectivity index (χ1v) is 10.8. The maximum absolute atomic E-state index is 13.6. The van der Waals surface area contributed by atoms with Gasteiger partial charge in [-0.05, 0) is 67.1 Å². The van der Waals surface area contributed by atoms with Gasteiger partial charge in [0.1, 0.15) is 5.82 Å². The molecule has 4 aromatic rings. The highest BCUT2D eigenvalue weighted by Crippen LogP contribution is 2.26. The number of aryl methyl sites for hydroxylation is 1. The fourth-order valence-electron chi connectivity index (χ4n) is 3.03. The fraction of sp³-hybridized carbons (Fsp3) is 0.125. The number of fused-ring (bicyclic) bond motifs is 1. The Hall–Kier alpha value is -3.45. The number of pyridine rings is 1. The SMILES string of the molecule is Cc1ccc(NC(=O)CCSc2ccc3c(/C=C/c4ccccn4)n[nH]c3c2)cc1F. The van der Waals surface area contributed by atoms with E-state index in [0.29, 0.717) is 23.4 Å². The molecule has 2 aromatic carbocycles. The van der Waals surface area contributed by atoms with E-state index in [1.54, 1.807) is 37.0 Å². The molecule has 0 aliphatic rings. The topological polar surface area (TPSA) is 70.7 Å². The monoisotopic (exact) mass is 432 g/mol. The van der Waals surface area contributed by atoms with Crippen molar-refractivity contribution in [3.8, 4) is 0 Å². The van der Waals surface area contributed by atoms with E-state index in [-0.39, 0.29) is 11.7 Å². The van der Waals surface area contributed by atoms with Crippen molar-refractivity contribution in [2.24, 2.45) is 0 Å². The molecule has 1 amide bonds. The molecule has 0 atom stereocenters. The van der Waals surface area contributed by atoms with Crippen molar-refractivity contribution < 1.29 is 9.18 Å². The normalized spacial score (nSPS) is 11.3. The van der Waals surface area contributed by atoms with Gasteiger partial charge in [0.05, 0.1) is 16.9 Å². The van der Waals surface area contributed by atoms with E-state index in [9.17, 15) is 9.18 Å². The molecule has 31 heavy (non-hydrogen) atoms. The van der Waals surface area contributed by atoms with E-state index in [2.05, 4.69) is 20.5 Å². The minimum Gasteiger partial charge on any atom is -0.326 e. The Morgan fingerprint density at radius 2 is 2.06 bits per heavy atom. The van der Waals surface area contributed by atoms with Gasteiger partial charge in [-0.2, -0.15) is 5.10 Å². The summed E-state index contributed by atoms with van der Waals surface area (Å²) < 4.78 is 13.6. The van der Waals surface area contributed by atoms with E-state index in [1.807, 2.05) is 48.6 Å². The quantitative estimate of drug-likeness (QED) is 0.368. The van der Waals surface area contributed by atoms with Gasteiger partial charge in [-0.1, -0.05) is 12.1 Å². The Balaban J connectivity index is 1.33. The van der Waals surface area contributed by atoms with E-state index >= 15 is 0 Å². The van der Waals surface area contributed by atoms with Crippen molar-refractivity contribution in [3.63, 3.8) is 0 Å². The van der Waals surface area contributed by atoms with Gasteiger partial charge in [0.25, 0.3) is 0 Å². The maximum Gasteiger partial charge on any atom is 0.225 e. The third kappa shape index (κ3) is 5.38. The Kier molecular flexibility index (Phi) is 6.43. The van der Waals surface area contributed by atoms with Gasteiger partial charge in [0.2, 0.25) is 5.91 Å². The number of thioether (sulfide) groups is 1. The predicted octanol–water partition coefficient (Wildman–Crippen LogP) is 5.70. The molecule has 4 rings (SSSR count). The highest BCUT2D eigenvalue weighted by atomic mass is 32.2. The van der Waals surface area contributed by atoms with Crippen LogP contribution in [0, 0.1) is 12.7 Å². The number of aromatic amines is 1. The highest BCUT2D eigenvalue weighted by Gasteiger charge is 2.07. The standard InChI is InChI=1S/C24H21FN4OS/c1-16-5-6-18(14-21(16)25)27-24(30)11-13-31-19-8-9-20-22(28-29-23(20)15-19)10-7-17-4-2-3-12-26-17/h2-10,12,14-15H,11,13H2,1H3,(H,27,30)(H,28,29)/b10-7+. The largest absolute Gasteiger partial charge is 0.326 e. The first kappa shape index (κ1) is 20.8. The van der Waals surface area contributed by atoms with Gasteiger partial charge in [-0.15, -0.1) is 11.8 Å². The van der Waals surface area contributed by atoms with E-state index < -0.39 is 0 Å². The van der Waals surface area contributed by atoms with Crippen LogP contribution >= 0.6 is 11.8 Å². The number of hydrogen-bond donors (Lipinski definition) is 2. The van der Waals surface area contributed by atoms with E-state index in [1.165, 1.54) is 6.07 Å². The van der Waals surface area contributed by atoms with E-state index in [0.717, 1.165) is 27.2 Å². The lowest BCUT2D eigenvalue weighted by Crippen LogP contribution is -2.12. The van der Waals surface area contributed by atoms with Crippen LogP contribution < -0.4 is 5.32 Å². The van der Waals surface area contributed by atoms with Crippen LogP contribution in [-0.4, -0.2) is 26.8 Å². The first-order valence-electron chi connectivity index (χ1n) is 9.84. The number of halogens is 1. The average Bonchev–Trinajstić information content (AvgIpc) is 3.18. The Morgan fingerprint density at radius 3 is 2.87 bits per heavy atom. The van der Waals surface area contributed by atoms with Crippen molar-refractivity contribution in [2.45, 2.75) is 18.2 Å². The Labute approximate surface area is 183 Å². The van der Waals surface area contributed by atoms with Crippen LogP contribution in [0.2, 0.25) is 0 Å². The van der Waals surface area contributed by atoms with Gasteiger partial charge in [-0.25, -0.2) is 4.39 Å². The van der Waals surface area contributed by atoms with Crippen LogP contribution in [0.1, 0.15) is 23.4 Å². The summed E-state index contributed by atoms with van der Waals surface area (Å²) in [5.41, 5.74) is 3.69. The summed E-state index contributed by atoms with van der Waals surface area (Å²) in [6.45, 7) is 1.69. The number of H-pyrrole nitrogens is 1. The number of hydrogen-bond acceptors (Lipinski definition) is 4. The molecule has 156 valence electrons. The molecular formula is C24H21FN4OS. The number of benzene rings is 2. The van der Waals surface area contributed by atoms with Crippen LogP contribution in [0.3, 0.4) is 0 Å². The van der Waals surface area contributed by atoms with Crippen molar-refractivity contribution in [1.29, 1.82) is 0 Å². The molecule has 0 fully saturated rings. The lowest BCUT2D eigenvalue weighted by Gasteiger charge is -2.06. The van der Waals surface area contributed by atoms with Crippen molar-refractivity contribution in [2.75, 3.05) is 11.1 Å². The smallest absolute Gasteiger partial charge is 0.225 e. The van der Waals surface area contributed by atoms with Gasteiger partial charge >= 0.3 is 0 Å². The average molecular weight is 433 g/mol. The summed E-state index contributed by atoms with van der Waals surface area (Å²) in [6.07, 6.45) is 5.95. The van der Waals surface area contributed by atoms with Gasteiger partial charge in [-0.3, -0.25) is 14.9 Å². The number of carbonyl (C=O) groups excluding carboxylic acids is 1. The number of amides is 1. The molecule has 7 heteroatoms. The fourth-order valence-corrected chi connectivity index (χ4v) is 3.92. The van der Waals surface area contributed by atoms with Crippen molar-refractivity contribution in [1.82, 2.24) is 15.2 Å². The summed E-state index contributed by atoms with van der Waals surface area (Å²) in [5, 5.41) is 11.2. The molecule has 0 spiro atoms.